The summed E-state index contributed by atoms with van der Waals surface area (Å²) in [7, 11) is 1.48. The number of nitriles is 1. The number of rotatable bonds is 6. The Kier molecular flexibility index (Phi) is 5.84. The quantitative estimate of drug-likeness (QED) is 0.884. The van der Waals surface area contributed by atoms with Crippen LogP contribution in [0.15, 0.2) is 42.5 Å². The van der Waals surface area contributed by atoms with E-state index in [0.29, 0.717) is 28.6 Å². The van der Waals surface area contributed by atoms with E-state index in [9.17, 15) is 4.79 Å². The van der Waals surface area contributed by atoms with Crippen molar-refractivity contribution in [2.45, 2.75) is 6.54 Å². The summed E-state index contributed by atoms with van der Waals surface area (Å²) >= 11 is 5.80. The highest BCUT2D eigenvalue weighted by Crippen LogP contribution is 2.27. The summed E-state index contributed by atoms with van der Waals surface area (Å²) in [5.74, 6) is 0.564. The molecule has 0 saturated heterocycles. The molecule has 5 nitrogen and oxygen atoms in total. The van der Waals surface area contributed by atoms with Crippen molar-refractivity contribution in [1.82, 2.24) is 5.32 Å². The molecule has 1 amide bonds. The topological polar surface area (TPSA) is 71.3 Å². The molecule has 23 heavy (non-hydrogen) atoms. The van der Waals surface area contributed by atoms with Gasteiger partial charge in [-0.15, -0.1) is 0 Å². The number of halogens is 1. The number of methoxy groups -OCH3 is 1. The van der Waals surface area contributed by atoms with Crippen LogP contribution < -0.4 is 14.8 Å². The first kappa shape index (κ1) is 16.7. The lowest BCUT2D eigenvalue weighted by atomic mass is 10.2. The van der Waals surface area contributed by atoms with E-state index in [4.69, 9.17) is 26.3 Å². The van der Waals surface area contributed by atoms with Gasteiger partial charge < -0.3 is 14.8 Å². The van der Waals surface area contributed by atoms with Crippen molar-refractivity contribution in [2.75, 3.05) is 13.7 Å². The monoisotopic (exact) mass is 330 g/mol. The van der Waals surface area contributed by atoms with Gasteiger partial charge in [0.1, 0.15) is 0 Å². The third-order valence-electron chi connectivity index (χ3n) is 3.05. The summed E-state index contributed by atoms with van der Waals surface area (Å²) in [6.45, 7) is 0.250. The van der Waals surface area contributed by atoms with Crippen molar-refractivity contribution in [3.8, 4) is 17.6 Å². The number of carbonyl (C=O) groups is 1. The van der Waals surface area contributed by atoms with E-state index in [0.717, 1.165) is 5.56 Å². The van der Waals surface area contributed by atoms with E-state index < -0.39 is 0 Å². The Morgan fingerprint density at radius 3 is 2.61 bits per heavy atom. The molecule has 0 atom stereocenters. The van der Waals surface area contributed by atoms with Crippen molar-refractivity contribution >= 4 is 17.5 Å². The Balaban J connectivity index is 1.87. The maximum absolute atomic E-state index is 11.8. The van der Waals surface area contributed by atoms with Gasteiger partial charge in [-0.1, -0.05) is 23.7 Å². The van der Waals surface area contributed by atoms with Crippen LogP contribution in [-0.2, 0) is 11.3 Å². The Bertz CT molecular complexity index is 724. The van der Waals surface area contributed by atoms with Crippen LogP contribution in [0.5, 0.6) is 11.5 Å². The van der Waals surface area contributed by atoms with E-state index in [1.165, 1.54) is 7.11 Å². The van der Waals surface area contributed by atoms with Crippen LogP contribution in [0.4, 0.5) is 0 Å². The SMILES string of the molecule is COc1cc(C#N)ccc1OCC(=O)NCc1ccc(Cl)cc1. The van der Waals surface area contributed by atoms with Crippen LogP contribution in [0.2, 0.25) is 5.02 Å². The minimum absolute atomic E-state index is 0.143. The van der Waals surface area contributed by atoms with Gasteiger partial charge in [-0.05, 0) is 29.8 Å². The highest BCUT2D eigenvalue weighted by molar-refractivity contribution is 6.30. The van der Waals surface area contributed by atoms with Crippen LogP contribution in [0.1, 0.15) is 11.1 Å². The molecule has 0 bridgehead atoms. The Morgan fingerprint density at radius 1 is 1.22 bits per heavy atom. The number of ether oxygens (including phenoxy) is 2. The molecular formula is C17H15ClN2O3. The maximum atomic E-state index is 11.8. The molecule has 0 radical (unpaired) electrons. The second-order valence-electron chi connectivity index (χ2n) is 4.67. The first-order valence-electron chi connectivity index (χ1n) is 6.84. The third kappa shape index (κ3) is 4.90. The zero-order valence-electron chi connectivity index (χ0n) is 12.5. The predicted octanol–water partition coefficient (Wildman–Crippen LogP) is 2.92. The number of carbonyl (C=O) groups excluding carboxylic acids is 1. The minimum Gasteiger partial charge on any atom is -0.493 e. The molecule has 0 aromatic heterocycles. The number of amides is 1. The Hall–Kier alpha value is -2.71. The zero-order valence-corrected chi connectivity index (χ0v) is 13.3. The van der Waals surface area contributed by atoms with Gasteiger partial charge >= 0.3 is 0 Å². The third-order valence-corrected chi connectivity index (χ3v) is 3.31. The van der Waals surface area contributed by atoms with Crippen LogP contribution in [0, 0.1) is 11.3 Å². The number of nitrogens with zero attached hydrogens (tertiary/aromatic N) is 1. The number of hydrogen-bond donors (Lipinski definition) is 1. The lowest BCUT2D eigenvalue weighted by Gasteiger charge is -2.11. The molecular weight excluding hydrogens is 316 g/mol. The van der Waals surface area contributed by atoms with E-state index >= 15 is 0 Å². The van der Waals surface area contributed by atoms with Crippen LogP contribution >= 0.6 is 11.6 Å². The summed E-state index contributed by atoms with van der Waals surface area (Å²) in [4.78, 5) is 11.8. The molecule has 0 unspecified atom stereocenters. The maximum Gasteiger partial charge on any atom is 0.258 e. The van der Waals surface area contributed by atoms with Crippen molar-refractivity contribution in [3.05, 3.63) is 58.6 Å². The first-order valence-corrected chi connectivity index (χ1v) is 7.22. The minimum atomic E-state index is -0.258. The fraction of sp³-hybridized carbons (Fsp3) is 0.176. The molecule has 0 aliphatic rings. The molecule has 1 N–H and O–H groups in total. The molecule has 2 rings (SSSR count). The van der Waals surface area contributed by atoms with E-state index in [-0.39, 0.29) is 12.5 Å². The van der Waals surface area contributed by atoms with Gasteiger partial charge in [0.15, 0.2) is 18.1 Å². The van der Waals surface area contributed by atoms with Gasteiger partial charge in [-0.3, -0.25) is 4.79 Å². The average molecular weight is 331 g/mol. The van der Waals surface area contributed by atoms with Gasteiger partial charge in [0, 0.05) is 17.6 Å². The summed E-state index contributed by atoms with van der Waals surface area (Å²) in [5, 5.41) is 12.2. The molecule has 0 aliphatic carbocycles. The van der Waals surface area contributed by atoms with Gasteiger partial charge in [0.2, 0.25) is 0 Å². The molecule has 0 heterocycles. The van der Waals surface area contributed by atoms with Crippen molar-refractivity contribution in [3.63, 3.8) is 0 Å². The number of benzene rings is 2. The molecule has 118 valence electrons. The molecule has 0 fully saturated rings. The second-order valence-corrected chi connectivity index (χ2v) is 5.11. The van der Waals surface area contributed by atoms with Crippen LogP contribution in [0.3, 0.4) is 0 Å². The summed E-state index contributed by atoms with van der Waals surface area (Å²) in [6, 6.07) is 14.0. The van der Waals surface area contributed by atoms with Crippen molar-refractivity contribution in [1.29, 1.82) is 5.26 Å². The molecule has 0 spiro atoms. The molecule has 0 aliphatic heterocycles. The van der Waals surface area contributed by atoms with E-state index in [1.54, 1.807) is 30.3 Å². The van der Waals surface area contributed by atoms with Gasteiger partial charge in [-0.25, -0.2) is 0 Å². The Labute approximate surface area is 139 Å². The summed E-state index contributed by atoms with van der Waals surface area (Å²) in [5.41, 5.74) is 1.40. The number of nitrogens with one attached hydrogen (secondary N) is 1. The normalized spacial score (nSPS) is 9.78. The van der Waals surface area contributed by atoms with E-state index in [2.05, 4.69) is 5.32 Å². The standard InChI is InChI=1S/C17H15ClN2O3/c1-22-16-8-13(9-19)4-7-15(16)23-11-17(21)20-10-12-2-5-14(18)6-3-12/h2-8H,10-11H2,1H3,(H,20,21). The lowest BCUT2D eigenvalue weighted by Crippen LogP contribution is -2.28. The Morgan fingerprint density at radius 2 is 1.96 bits per heavy atom. The van der Waals surface area contributed by atoms with Gasteiger partial charge in [0.05, 0.1) is 18.7 Å². The van der Waals surface area contributed by atoms with Crippen LogP contribution in [0.25, 0.3) is 0 Å². The fourth-order valence-corrected chi connectivity index (χ4v) is 1.98. The summed E-state index contributed by atoms with van der Waals surface area (Å²) in [6.07, 6.45) is 0. The van der Waals surface area contributed by atoms with Gasteiger partial charge in [-0.2, -0.15) is 5.26 Å². The van der Waals surface area contributed by atoms with Crippen molar-refractivity contribution in [2.24, 2.45) is 0 Å². The molecule has 2 aromatic carbocycles. The number of hydrogen-bond acceptors (Lipinski definition) is 4. The highest BCUT2D eigenvalue weighted by atomic mass is 35.5. The fourth-order valence-electron chi connectivity index (χ4n) is 1.85. The highest BCUT2D eigenvalue weighted by Gasteiger charge is 2.08. The molecule has 0 saturated carbocycles. The first-order chi connectivity index (χ1) is 11.1. The summed E-state index contributed by atoms with van der Waals surface area (Å²) < 4.78 is 10.6. The zero-order chi connectivity index (χ0) is 16.7. The lowest BCUT2D eigenvalue weighted by molar-refractivity contribution is -0.123. The van der Waals surface area contributed by atoms with Gasteiger partial charge in [0.25, 0.3) is 5.91 Å². The average Bonchev–Trinajstić information content (AvgIpc) is 2.59. The second kappa shape index (κ2) is 8.06. The largest absolute Gasteiger partial charge is 0.493 e. The predicted molar refractivity (Wildman–Crippen MR) is 86.5 cm³/mol. The van der Waals surface area contributed by atoms with Crippen molar-refractivity contribution < 1.29 is 14.3 Å². The molecule has 2 aromatic rings. The smallest absolute Gasteiger partial charge is 0.258 e. The molecule has 6 heteroatoms. The van der Waals surface area contributed by atoms with Crippen LogP contribution in [-0.4, -0.2) is 19.6 Å². The van der Waals surface area contributed by atoms with E-state index in [1.807, 2.05) is 18.2 Å².